The van der Waals surface area contributed by atoms with Gasteiger partial charge in [-0.1, -0.05) is 17.7 Å². The number of aryl methyl sites for hydroxylation is 1. The Kier molecular flexibility index (Phi) is 5.38. The maximum atomic E-state index is 12.2. The van der Waals surface area contributed by atoms with Crippen molar-refractivity contribution >= 4 is 23.2 Å². The summed E-state index contributed by atoms with van der Waals surface area (Å²) in [7, 11) is 1.80. The summed E-state index contributed by atoms with van der Waals surface area (Å²) < 4.78 is 10.5. The molecule has 0 saturated heterocycles. The second kappa shape index (κ2) is 7.88. The van der Waals surface area contributed by atoms with Crippen molar-refractivity contribution in [2.45, 2.75) is 6.92 Å². The van der Waals surface area contributed by atoms with Gasteiger partial charge in [-0.15, -0.1) is 0 Å². The summed E-state index contributed by atoms with van der Waals surface area (Å²) in [6, 6.07) is 12.8. The Morgan fingerprint density at radius 3 is 2.19 bits per heavy atom. The van der Waals surface area contributed by atoms with Crippen molar-refractivity contribution in [3.8, 4) is 11.5 Å². The molecular weight excluding hydrogens is 334 g/mol. The predicted octanol–water partition coefficient (Wildman–Crippen LogP) is 0.816. The topological polar surface area (TPSA) is 81.1 Å². The third kappa shape index (κ3) is 4.73. The number of carbonyl (C=O) groups is 2. The quantitative estimate of drug-likeness (QED) is 0.716. The number of hydrogen-bond donors (Lipinski definition) is 3. The van der Waals surface area contributed by atoms with E-state index in [1.807, 2.05) is 31.2 Å². The first-order valence-corrected chi connectivity index (χ1v) is 8.37. The normalized spacial score (nSPS) is 13.2. The monoisotopic (exact) mass is 356 g/mol. The summed E-state index contributed by atoms with van der Waals surface area (Å²) in [5.74, 6) is 0.964. The Bertz CT molecular complexity index is 805. The van der Waals surface area contributed by atoms with E-state index in [9.17, 15) is 9.59 Å². The molecule has 2 aromatic carbocycles. The summed E-state index contributed by atoms with van der Waals surface area (Å²) >= 11 is 0. The number of anilines is 2. The minimum atomic E-state index is -0.176. The molecule has 2 amide bonds. The average Bonchev–Trinajstić information content (AvgIpc) is 3.04. The Morgan fingerprint density at radius 2 is 1.50 bits per heavy atom. The van der Waals surface area contributed by atoms with Crippen molar-refractivity contribution in [1.29, 1.82) is 0 Å². The van der Waals surface area contributed by atoms with E-state index in [4.69, 9.17) is 9.47 Å². The van der Waals surface area contributed by atoms with Crippen LogP contribution in [-0.2, 0) is 9.59 Å². The first kappa shape index (κ1) is 17.8. The van der Waals surface area contributed by atoms with Crippen LogP contribution in [0.3, 0.4) is 0 Å². The molecule has 7 heteroatoms. The Morgan fingerprint density at radius 1 is 0.923 bits per heavy atom. The fraction of sp³-hybridized carbons (Fsp3) is 0.263. The highest BCUT2D eigenvalue weighted by Crippen LogP contribution is 2.34. The molecule has 1 heterocycles. The van der Waals surface area contributed by atoms with E-state index in [2.05, 4.69) is 10.6 Å². The lowest BCUT2D eigenvalue weighted by Gasteiger charge is -2.14. The molecule has 3 N–H and O–H groups in total. The largest absolute Gasteiger partial charge is 0.454 e. The van der Waals surface area contributed by atoms with Crippen LogP contribution in [0.5, 0.6) is 11.5 Å². The van der Waals surface area contributed by atoms with E-state index in [0.29, 0.717) is 17.2 Å². The van der Waals surface area contributed by atoms with Gasteiger partial charge in [0, 0.05) is 17.4 Å². The maximum Gasteiger partial charge on any atom is 0.279 e. The summed E-state index contributed by atoms with van der Waals surface area (Å²) in [4.78, 5) is 25.0. The SMILES string of the molecule is Cc1ccc(NC(=O)C[NH+](C)CC(=O)Nc2ccc3c(c2)OCO3)cc1. The van der Waals surface area contributed by atoms with Crippen LogP contribution in [0.4, 0.5) is 11.4 Å². The molecule has 26 heavy (non-hydrogen) atoms. The van der Waals surface area contributed by atoms with Crippen molar-refractivity contribution in [2.75, 3.05) is 37.6 Å². The summed E-state index contributed by atoms with van der Waals surface area (Å²) in [6.07, 6.45) is 0. The number of benzene rings is 2. The van der Waals surface area contributed by atoms with Crippen LogP contribution in [0.1, 0.15) is 5.56 Å². The van der Waals surface area contributed by atoms with Gasteiger partial charge < -0.3 is 25.0 Å². The molecule has 1 aliphatic rings. The summed E-state index contributed by atoms with van der Waals surface area (Å²) in [5, 5.41) is 5.63. The number of likely N-dealkylation sites (N-methyl/N-ethyl adjacent to an activating group) is 1. The van der Waals surface area contributed by atoms with Crippen LogP contribution in [0.2, 0.25) is 0 Å². The predicted molar refractivity (Wildman–Crippen MR) is 97.6 cm³/mol. The Labute approximate surface area is 151 Å². The minimum absolute atomic E-state index is 0.137. The summed E-state index contributed by atoms with van der Waals surface area (Å²) in [5.41, 5.74) is 2.51. The van der Waals surface area contributed by atoms with Gasteiger partial charge in [0.2, 0.25) is 6.79 Å². The van der Waals surface area contributed by atoms with Crippen LogP contribution >= 0.6 is 0 Å². The van der Waals surface area contributed by atoms with Gasteiger partial charge in [-0.05, 0) is 31.2 Å². The standard InChI is InChI=1S/C19H21N3O4/c1-13-3-5-14(6-4-13)20-18(23)10-22(2)11-19(24)21-15-7-8-16-17(9-15)26-12-25-16/h3-9H,10-12H2,1-2H3,(H,20,23)(H,21,24)/p+1. The highest BCUT2D eigenvalue weighted by molar-refractivity contribution is 5.93. The van der Waals surface area contributed by atoms with Crippen LogP contribution in [0.15, 0.2) is 42.5 Å². The van der Waals surface area contributed by atoms with Gasteiger partial charge >= 0.3 is 0 Å². The van der Waals surface area contributed by atoms with E-state index in [-0.39, 0.29) is 31.7 Å². The van der Waals surface area contributed by atoms with Crippen molar-refractivity contribution < 1.29 is 24.0 Å². The van der Waals surface area contributed by atoms with Crippen molar-refractivity contribution in [3.63, 3.8) is 0 Å². The molecule has 136 valence electrons. The molecule has 3 rings (SSSR count). The molecule has 1 unspecified atom stereocenters. The molecule has 2 aromatic rings. The molecule has 1 aliphatic heterocycles. The number of carbonyl (C=O) groups excluding carboxylic acids is 2. The first-order chi connectivity index (χ1) is 12.5. The fourth-order valence-corrected chi connectivity index (χ4v) is 2.63. The number of quaternary nitrogens is 1. The van der Waals surface area contributed by atoms with Crippen molar-refractivity contribution in [3.05, 3.63) is 48.0 Å². The van der Waals surface area contributed by atoms with Gasteiger partial charge in [0.05, 0.1) is 7.05 Å². The van der Waals surface area contributed by atoms with Crippen LogP contribution in [0.25, 0.3) is 0 Å². The molecule has 0 fully saturated rings. The number of amides is 2. The average molecular weight is 356 g/mol. The number of rotatable bonds is 6. The van der Waals surface area contributed by atoms with E-state index >= 15 is 0 Å². The maximum absolute atomic E-state index is 12.2. The molecular formula is C19H22N3O4+. The zero-order valence-corrected chi connectivity index (χ0v) is 14.8. The zero-order chi connectivity index (χ0) is 18.5. The van der Waals surface area contributed by atoms with Gasteiger partial charge in [0.15, 0.2) is 24.6 Å². The number of fused-ring (bicyclic) bond motifs is 1. The molecule has 7 nitrogen and oxygen atoms in total. The van der Waals surface area contributed by atoms with Crippen molar-refractivity contribution in [1.82, 2.24) is 0 Å². The highest BCUT2D eigenvalue weighted by atomic mass is 16.7. The van der Waals surface area contributed by atoms with Gasteiger partial charge in [-0.3, -0.25) is 9.59 Å². The van der Waals surface area contributed by atoms with Gasteiger partial charge in [-0.2, -0.15) is 0 Å². The molecule has 0 aliphatic carbocycles. The highest BCUT2D eigenvalue weighted by Gasteiger charge is 2.17. The third-order valence-electron chi connectivity index (χ3n) is 3.92. The third-order valence-corrected chi connectivity index (χ3v) is 3.92. The van der Waals surface area contributed by atoms with Crippen LogP contribution < -0.4 is 25.0 Å². The molecule has 0 radical (unpaired) electrons. The smallest absolute Gasteiger partial charge is 0.279 e. The lowest BCUT2D eigenvalue weighted by Crippen LogP contribution is -3.11. The van der Waals surface area contributed by atoms with E-state index in [1.165, 1.54) is 0 Å². The second-order valence-electron chi connectivity index (χ2n) is 6.34. The summed E-state index contributed by atoms with van der Waals surface area (Å²) in [6.45, 7) is 2.55. The van der Waals surface area contributed by atoms with E-state index < -0.39 is 0 Å². The number of hydrogen-bond acceptors (Lipinski definition) is 4. The number of ether oxygens (including phenoxy) is 2. The van der Waals surface area contributed by atoms with Crippen LogP contribution in [-0.4, -0.2) is 38.7 Å². The lowest BCUT2D eigenvalue weighted by atomic mass is 10.2. The van der Waals surface area contributed by atoms with E-state index in [0.717, 1.165) is 16.2 Å². The Hall–Kier alpha value is -3.06. The zero-order valence-electron chi connectivity index (χ0n) is 14.8. The fourth-order valence-electron chi connectivity index (χ4n) is 2.63. The van der Waals surface area contributed by atoms with Gasteiger partial charge in [-0.25, -0.2) is 0 Å². The lowest BCUT2D eigenvalue weighted by molar-refractivity contribution is -0.862. The molecule has 1 atom stereocenters. The van der Waals surface area contributed by atoms with Crippen molar-refractivity contribution in [2.24, 2.45) is 0 Å². The Balaban J connectivity index is 1.46. The molecule has 0 aromatic heterocycles. The second-order valence-corrected chi connectivity index (χ2v) is 6.34. The van der Waals surface area contributed by atoms with Gasteiger partial charge in [0.25, 0.3) is 11.8 Å². The molecule has 0 bridgehead atoms. The minimum Gasteiger partial charge on any atom is -0.454 e. The molecule has 0 saturated carbocycles. The van der Waals surface area contributed by atoms with Gasteiger partial charge in [0.1, 0.15) is 0 Å². The number of nitrogens with one attached hydrogen (secondary N) is 3. The van der Waals surface area contributed by atoms with E-state index in [1.54, 1.807) is 25.2 Å². The first-order valence-electron chi connectivity index (χ1n) is 8.37. The van der Waals surface area contributed by atoms with Crippen LogP contribution in [0, 0.1) is 6.92 Å². The molecule has 0 spiro atoms.